The molecule has 4 nitrogen and oxygen atoms in total. The lowest BCUT2D eigenvalue weighted by molar-refractivity contribution is -0.274. The quantitative estimate of drug-likeness (QED) is 0.905. The van der Waals surface area contributed by atoms with Crippen LogP contribution in [0.15, 0.2) is 17.6 Å². The van der Waals surface area contributed by atoms with Crippen LogP contribution in [-0.2, 0) is 0 Å². The SMILES string of the molecule is O=C(O)c1cc2ncsc2cc1OC(F)(F)F. The maximum atomic E-state index is 12.1. The molecule has 1 N–H and O–H groups in total. The van der Waals surface area contributed by atoms with Crippen molar-refractivity contribution < 1.29 is 27.8 Å². The number of carboxylic acid groups (broad SMARTS) is 1. The van der Waals surface area contributed by atoms with Gasteiger partial charge in [0.2, 0.25) is 0 Å². The van der Waals surface area contributed by atoms with Gasteiger partial charge in [0.05, 0.1) is 15.7 Å². The Labute approximate surface area is 96.3 Å². The van der Waals surface area contributed by atoms with Crippen molar-refractivity contribution in [2.24, 2.45) is 0 Å². The highest BCUT2D eigenvalue weighted by atomic mass is 32.1. The Balaban J connectivity index is 2.57. The second-order valence-corrected chi connectivity index (χ2v) is 3.91. The average Bonchev–Trinajstić information content (AvgIpc) is 2.60. The normalized spacial score (nSPS) is 11.7. The van der Waals surface area contributed by atoms with Gasteiger partial charge < -0.3 is 9.84 Å². The summed E-state index contributed by atoms with van der Waals surface area (Å²) in [6.45, 7) is 0. The van der Waals surface area contributed by atoms with E-state index in [9.17, 15) is 18.0 Å². The third-order valence-electron chi connectivity index (χ3n) is 1.89. The number of alkyl halides is 3. The van der Waals surface area contributed by atoms with Crippen LogP contribution in [0.25, 0.3) is 10.2 Å². The zero-order valence-corrected chi connectivity index (χ0v) is 8.80. The van der Waals surface area contributed by atoms with E-state index in [1.54, 1.807) is 0 Å². The van der Waals surface area contributed by atoms with Gasteiger partial charge in [-0.2, -0.15) is 0 Å². The molecular weight excluding hydrogens is 259 g/mol. The van der Waals surface area contributed by atoms with E-state index in [1.165, 1.54) is 5.51 Å². The number of thiazole rings is 1. The van der Waals surface area contributed by atoms with Crippen LogP contribution in [0.2, 0.25) is 0 Å². The zero-order valence-electron chi connectivity index (χ0n) is 7.99. The second-order valence-electron chi connectivity index (χ2n) is 3.02. The van der Waals surface area contributed by atoms with E-state index in [-0.39, 0.29) is 0 Å². The molecule has 0 bridgehead atoms. The number of benzene rings is 1. The predicted octanol–water partition coefficient (Wildman–Crippen LogP) is 2.89. The number of carboxylic acids is 1. The highest BCUT2D eigenvalue weighted by molar-refractivity contribution is 7.16. The smallest absolute Gasteiger partial charge is 0.478 e. The van der Waals surface area contributed by atoms with E-state index in [0.29, 0.717) is 10.2 Å². The molecule has 8 heteroatoms. The molecule has 17 heavy (non-hydrogen) atoms. The van der Waals surface area contributed by atoms with Gasteiger partial charge in [0.1, 0.15) is 11.3 Å². The molecule has 0 saturated carbocycles. The highest BCUT2D eigenvalue weighted by Gasteiger charge is 2.33. The fourth-order valence-corrected chi connectivity index (χ4v) is 1.95. The molecule has 0 aliphatic rings. The van der Waals surface area contributed by atoms with Gasteiger partial charge in [-0.3, -0.25) is 0 Å². The number of hydrogen-bond acceptors (Lipinski definition) is 4. The van der Waals surface area contributed by atoms with Crippen LogP contribution in [0.4, 0.5) is 13.2 Å². The minimum Gasteiger partial charge on any atom is -0.478 e. The number of fused-ring (bicyclic) bond motifs is 1. The Bertz CT molecular complexity index is 578. The molecule has 0 unspecified atom stereocenters. The molecule has 1 aromatic carbocycles. The lowest BCUT2D eigenvalue weighted by Gasteiger charge is -2.10. The summed E-state index contributed by atoms with van der Waals surface area (Å²) in [6.07, 6.45) is -4.93. The lowest BCUT2D eigenvalue weighted by atomic mass is 10.2. The van der Waals surface area contributed by atoms with E-state index in [4.69, 9.17) is 5.11 Å². The fraction of sp³-hybridized carbons (Fsp3) is 0.111. The van der Waals surface area contributed by atoms with Crippen molar-refractivity contribution >= 4 is 27.5 Å². The van der Waals surface area contributed by atoms with Crippen molar-refractivity contribution in [3.63, 3.8) is 0 Å². The molecule has 0 fully saturated rings. The molecule has 0 amide bonds. The van der Waals surface area contributed by atoms with Crippen LogP contribution in [0.1, 0.15) is 10.4 Å². The van der Waals surface area contributed by atoms with Crippen molar-refractivity contribution in [1.29, 1.82) is 0 Å². The number of hydrogen-bond donors (Lipinski definition) is 1. The Kier molecular flexibility index (Phi) is 2.66. The van der Waals surface area contributed by atoms with Crippen LogP contribution < -0.4 is 4.74 Å². The largest absolute Gasteiger partial charge is 0.573 e. The Morgan fingerprint density at radius 1 is 1.41 bits per heavy atom. The lowest BCUT2D eigenvalue weighted by Crippen LogP contribution is -2.19. The highest BCUT2D eigenvalue weighted by Crippen LogP contribution is 2.31. The van der Waals surface area contributed by atoms with E-state index < -0.39 is 23.6 Å². The number of carbonyl (C=O) groups is 1. The second kappa shape index (κ2) is 3.88. The summed E-state index contributed by atoms with van der Waals surface area (Å²) in [5.41, 5.74) is 1.16. The topological polar surface area (TPSA) is 59.4 Å². The van der Waals surface area contributed by atoms with Gasteiger partial charge in [0.25, 0.3) is 0 Å². The number of halogens is 3. The molecule has 0 saturated heterocycles. The predicted molar refractivity (Wildman–Crippen MR) is 53.3 cm³/mol. The summed E-state index contributed by atoms with van der Waals surface area (Å²) in [5.74, 6) is -2.24. The summed E-state index contributed by atoms with van der Waals surface area (Å²) in [4.78, 5) is 14.6. The number of aromatic nitrogens is 1. The van der Waals surface area contributed by atoms with Gasteiger partial charge >= 0.3 is 12.3 Å². The van der Waals surface area contributed by atoms with Crippen LogP contribution in [-0.4, -0.2) is 22.4 Å². The molecular formula is C9H4F3NO3S. The molecule has 2 aromatic rings. The van der Waals surface area contributed by atoms with Gasteiger partial charge in [0, 0.05) is 6.07 Å². The minimum atomic E-state index is -4.93. The molecule has 0 radical (unpaired) electrons. The minimum absolute atomic E-state index is 0.321. The van der Waals surface area contributed by atoms with Crippen LogP contribution in [0.3, 0.4) is 0 Å². The zero-order chi connectivity index (χ0) is 12.6. The summed E-state index contributed by atoms with van der Waals surface area (Å²) in [6, 6.07) is 2.07. The molecule has 0 aliphatic heterocycles. The maximum absolute atomic E-state index is 12.1. The molecule has 1 aromatic heterocycles. The summed E-state index contributed by atoms with van der Waals surface area (Å²) in [7, 11) is 0. The third-order valence-corrected chi connectivity index (χ3v) is 2.68. The first-order valence-corrected chi connectivity index (χ1v) is 5.11. The van der Waals surface area contributed by atoms with Crippen molar-refractivity contribution in [2.45, 2.75) is 6.36 Å². The maximum Gasteiger partial charge on any atom is 0.573 e. The Hall–Kier alpha value is -1.83. The average molecular weight is 263 g/mol. The van der Waals surface area contributed by atoms with Gasteiger partial charge in [-0.15, -0.1) is 24.5 Å². The molecule has 2 rings (SSSR count). The van der Waals surface area contributed by atoms with E-state index in [0.717, 1.165) is 23.5 Å². The summed E-state index contributed by atoms with van der Waals surface area (Å²) < 4.78 is 40.3. The third kappa shape index (κ3) is 2.47. The van der Waals surface area contributed by atoms with Crippen LogP contribution in [0, 0.1) is 0 Å². The van der Waals surface area contributed by atoms with Crippen molar-refractivity contribution in [2.75, 3.05) is 0 Å². The van der Waals surface area contributed by atoms with Crippen LogP contribution in [0.5, 0.6) is 5.75 Å². The summed E-state index contributed by atoms with van der Waals surface area (Å²) in [5, 5.41) is 8.79. The first-order chi connectivity index (χ1) is 7.87. The fourth-order valence-electron chi connectivity index (χ4n) is 1.26. The monoisotopic (exact) mass is 263 g/mol. The Morgan fingerprint density at radius 2 is 2.12 bits per heavy atom. The molecule has 90 valence electrons. The van der Waals surface area contributed by atoms with Crippen molar-refractivity contribution in [3.05, 3.63) is 23.2 Å². The van der Waals surface area contributed by atoms with Gasteiger partial charge in [-0.25, -0.2) is 9.78 Å². The molecule has 0 spiro atoms. The van der Waals surface area contributed by atoms with Crippen molar-refractivity contribution in [3.8, 4) is 5.75 Å². The van der Waals surface area contributed by atoms with E-state index >= 15 is 0 Å². The molecule has 0 aliphatic carbocycles. The van der Waals surface area contributed by atoms with Gasteiger partial charge in [-0.05, 0) is 6.07 Å². The van der Waals surface area contributed by atoms with Gasteiger partial charge in [-0.1, -0.05) is 0 Å². The van der Waals surface area contributed by atoms with Crippen LogP contribution >= 0.6 is 11.3 Å². The molecule has 1 heterocycles. The number of rotatable bonds is 2. The summed E-state index contributed by atoms with van der Waals surface area (Å²) >= 11 is 1.10. The Morgan fingerprint density at radius 3 is 2.71 bits per heavy atom. The first kappa shape index (κ1) is 11.6. The standard InChI is InChI=1S/C9H4F3NO3S/c10-9(11,12)16-6-2-7-5(13-3-17-7)1-4(6)8(14)15/h1-3H,(H,14,15). The van der Waals surface area contributed by atoms with Gasteiger partial charge in [0.15, 0.2) is 0 Å². The van der Waals surface area contributed by atoms with Crippen molar-refractivity contribution in [1.82, 2.24) is 4.98 Å². The number of ether oxygens (including phenoxy) is 1. The number of nitrogens with zero attached hydrogens (tertiary/aromatic N) is 1. The first-order valence-electron chi connectivity index (χ1n) is 4.23. The van der Waals surface area contributed by atoms with E-state index in [2.05, 4.69) is 9.72 Å². The number of aromatic carboxylic acids is 1. The molecule has 0 atom stereocenters. The van der Waals surface area contributed by atoms with E-state index in [1.807, 2.05) is 0 Å².